The molecule has 3 heterocycles. The van der Waals surface area contributed by atoms with Gasteiger partial charge in [-0.3, -0.25) is 19.5 Å². The van der Waals surface area contributed by atoms with Crippen LogP contribution in [0.3, 0.4) is 0 Å². The fourth-order valence-corrected chi connectivity index (χ4v) is 3.57. The summed E-state index contributed by atoms with van der Waals surface area (Å²) in [5, 5.41) is 3.40. The van der Waals surface area contributed by atoms with E-state index in [1.54, 1.807) is 22.9 Å². The minimum absolute atomic E-state index is 0.119. The number of fused-ring (bicyclic) bond motifs is 1. The maximum absolute atomic E-state index is 12.5. The molecule has 3 rings (SSSR count). The number of hydrogen-bond acceptors (Lipinski definition) is 6. The van der Waals surface area contributed by atoms with Crippen molar-refractivity contribution in [1.29, 1.82) is 0 Å². The van der Waals surface area contributed by atoms with Crippen LogP contribution < -0.4 is 10.9 Å². The predicted octanol–water partition coefficient (Wildman–Crippen LogP) is 2.00. The van der Waals surface area contributed by atoms with Crippen molar-refractivity contribution in [3.8, 4) is 0 Å². The van der Waals surface area contributed by atoms with E-state index in [0.717, 1.165) is 11.4 Å². The third-order valence-electron chi connectivity index (χ3n) is 3.96. The summed E-state index contributed by atoms with van der Waals surface area (Å²) in [6.07, 6.45) is 1.60. The number of aromatic nitrogens is 4. The summed E-state index contributed by atoms with van der Waals surface area (Å²) in [6.45, 7) is 8.23. The van der Waals surface area contributed by atoms with Crippen molar-refractivity contribution < 1.29 is 4.79 Å². The second kappa shape index (κ2) is 6.59. The Balaban J connectivity index is 1.79. The molecule has 8 heteroatoms. The van der Waals surface area contributed by atoms with Crippen molar-refractivity contribution in [2.75, 3.05) is 11.1 Å². The average Bonchev–Trinajstić information content (AvgIpc) is 2.53. The Morgan fingerprint density at radius 3 is 2.80 bits per heavy atom. The largest absolute Gasteiger partial charge is 0.294 e. The number of carbonyl (C=O) groups is 1. The Labute approximate surface area is 150 Å². The Hall–Kier alpha value is -2.22. The number of rotatable bonds is 2. The number of aryl methyl sites for hydroxylation is 1. The molecule has 1 unspecified atom stereocenters. The van der Waals surface area contributed by atoms with Gasteiger partial charge in [0, 0.05) is 35.7 Å². The Kier molecular flexibility index (Phi) is 4.64. The van der Waals surface area contributed by atoms with E-state index in [9.17, 15) is 9.59 Å². The lowest BCUT2D eigenvalue weighted by molar-refractivity contribution is -0.119. The van der Waals surface area contributed by atoms with Gasteiger partial charge in [-0.15, -0.1) is 0 Å². The smallest absolute Gasteiger partial charge is 0.254 e. The summed E-state index contributed by atoms with van der Waals surface area (Å²) in [6, 6.07) is 3.33. The van der Waals surface area contributed by atoms with Crippen LogP contribution in [0, 0.1) is 12.8 Å². The number of hydrogen-bond donors (Lipinski definition) is 1. The van der Waals surface area contributed by atoms with Crippen LogP contribution in [0.5, 0.6) is 0 Å². The molecule has 0 aliphatic carbocycles. The van der Waals surface area contributed by atoms with Gasteiger partial charge in [0.2, 0.25) is 11.9 Å². The van der Waals surface area contributed by atoms with Crippen molar-refractivity contribution in [3.63, 3.8) is 0 Å². The molecule has 7 nitrogen and oxygen atoms in total. The molecule has 0 saturated carbocycles. The lowest BCUT2D eigenvalue weighted by Gasteiger charge is -2.26. The predicted molar refractivity (Wildman–Crippen MR) is 96.8 cm³/mol. The van der Waals surface area contributed by atoms with Crippen molar-refractivity contribution in [2.45, 2.75) is 44.8 Å². The molecule has 0 spiro atoms. The average molecular weight is 359 g/mol. The zero-order chi connectivity index (χ0) is 18.2. The SMILES string of the molecule is Cc1ccnc(NC(=O)C2CSc3nc(C(C)(C)C)cc(=O)n3C2)n1. The normalized spacial score (nSPS) is 17.0. The standard InChI is InChI=1S/C17H21N5O2S/c1-10-5-6-18-15(19-10)21-14(24)11-8-22-13(23)7-12(17(2,3)4)20-16(22)25-9-11/h5-7,11H,8-9H2,1-4H3,(H,18,19,21,24). The molecule has 25 heavy (non-hydrogen) atoms. The first-order valence-electron chi connectivity index (χ1n) is 8.10. The quantitative estimate of drug-likeness (QED) is 0.825. The molecule has 2 aromatic rings. The molecule has 1 atom stereocenters. The molecule has 0 saturated heterocycles. The molecule has 0 fully saturated rings. The third kappa shape index (κ3) is 3.89. The van der Waals surface area contributed by atoms with Gasteiger partial charge in [0.1, 0.15) is 0 Å². The van der Waals surface area contributed by atoms with Crippen molar-refractivity contribution in [1.82, 2.24) is 19.5 Å². The van der Waals surface area contributed by atoms with Crippen LogP contribution in [0.1, 0.15) is 32.2 Å². The maximum atomic E-state index is 12.5. The topological polar surface area (TPSA) is 89.8 Å². The summed E-state index contributed by atoms with van der Waals surface area (Å²) in [7, 11) is 0. The van der Waals surface area contributed by atoms with Crippen molar-refractivity contribution in [2.24, 2.45) is 5.92 Å². The maximum Gasteiger partial charge on any atom is 0.254 e. The first-order chi connectivity index (χ1) is 11.7. The molecule has 0 aromatic carbocycles. The number of anilines is 1. The summed E-state index contributed by atoms with van der Waals surface area (Å²) in [5.74, 6) is 0.337. The van der Waals surface area contributed by atoms with E-state index in [4.69, 9.17) is 0 Å². The molecular weight excluding hydrogens is 338 g/mol. The van der Waals surface area contributed by atoms with Gasteiger partial charge in [0.15, 0.2) is 5.16 Å². The molecule has 1 aliphatic rings. The number of nitrogens with one attached hydrogen (secondary N) is 1. The van der Waals surface area contributed by atoms with E-state index in [2.05, 4.69) is 20.3 Å². The van der Waals surface area contributed by atoms with Gasteiger partial charge >= 0.3 is 0 Å². The fourth-order valence-electron chi connectivity index (χ4n) is 2.48. The summed E-state index contributed by atoms with van der Waals surface area (Å²) < 4.78 is 1.57. The van der Waals surface area contributed by atoms with E-state index >= 15 is 0 Å². The molecule has 132 valence electrons. The van der Waals surface area contributed by atoms with Crippen molar-refractivity contribution in [3.05, 3.63) is 40.1 Å². The second-order valence-electron chi connectivity index (χ2n) is 7.14. The zero-order valence-electron chi connectivity index (χ0n) is 14.7. The van der Waals surface area contributed by atoms with Crippen LogP contribution in [0.15, 0.2) is 28.3 Å². The molecule has 0 radical (unpaired) electrons. The second-order valence-corrected chi connectivity index (χ2v) is 8.13. The Morgan fingerprint density at radius 2 is 2.12 bits per heavy atom. The summed E-state index contributed by atoms with van der Waals surface area (Å²) in [5.41, 5.74) is 1.24. The van der Waals surface area contributed by atoms with Crippen LogP contribution in [0.2, 0.25) is 0 Å². The van der Waals surface area contributed by atoms with E-state index in [0.29, 0.717) is 17.5 Å². The Morgan fingerprint density at radius 1 is 1.36 bits per heavy atom. The summed E-state index contributed by atoms with van der Waals surface area (Å²) >= 11 is 1.43. The number of carbonyl (C=O) groups excluding carboxylic acids is 1. The first kappa shape index (κ1) is 17.6. The lowest BCUT2D eigenvalue weighted by atomic mass is 9.92. The fraction of sp³-hybridized carbons (Fsp3) is 0.471. The van der Waals surface area contributed by atoms with E-state index in [-0.39, 0.29) is 28.7 Å². The molecule has 1 aliphatic heterocycles. The molecular formula is C17H21N5O2S. The van der Waals surface area contributed by atoms with E-state index in [1.807, 2.05) is 27.7 Å². The van der Waals surface area contributed by atoms with Gasteiger partial charge in [-0.1, -0.05) is 32.5 Å². The molecule has 2 aromatic heterocycles. The van der Waals surface area contributed by atoms with Gasteiger partial charge in [0.05, 0.1) is 11.6 Å². The number of amides is 1. The minimum Gasteiger partial charge on any atom is -0.294 e. The minimum atomic E-state index is -0.332. The van der Waals surface area contributed by atoms with Gasteiger partial charge in [-0.2, -0.15) is 0 Å². The Bertz CT molecular complexity index is 872. The number of thioether (sulfide) groups is 1. The highest BCUT2D eigenvalue weighted by Crippen LogP contribution is 2.28. The molecule has 0 bridgehead atoms. The van der Waals surface area contributed by atoms with Crippen molar-refractivity contribution >= 4 is 23.6 Å². The van der Waals surface area contributed by atoms with Crippen LogP contribution in [-0.4, -0.2) is 31.2 Å². The summed E-state index contributed by atoms with van der Waals surface area (Å²) in [4.78, 5) is 37.8. The van der Waals surface area contributed by atoms with Gasteiger partial charge < -0.3 is 0 Å². The monoisotopic (exact) mass is 359 g/mol. The molecule has 1 N–H and O–H groups in total. The number of nitrogens with zero attached hydrogens (tertiary/aromatic N) is 4. The highest BCUT2D eigenvalue weighted by molar-refractivity contribution is 7.99. The van der Waals surface area contributed by atoms with Crippen LogP contribution >= 0.6 is 11.8 Å². The van der Waals surface area contributed by atoms with Gasteiger partial charge in [0.25, 0.3) is 5.56 Å². The highest BCUT2D eigenvalue weighted by atomic mass is 32.2. The van der Waals surface area contributed by atoms with Crippen LogP contribution in [0.25, 0.3) is 0 Å². The first-order valence-corrected chi connectivity index (χ1v) is 9.08. The van der Waals surface area contributed by atoms with Crippen LogP contribution in [-0.2, 0) is 16.8 Å². The van der Waals surface area contributed by atoms with Crippen LogP contribution in [0.4, 0.5) is 5.95 Å². The molecule has 1 amide bonds. The van der Waals surface area contributed by atoms with E-state index < -0.39 is 0 Å². The zero-order valence-corrected chi connectivity index (χ0v) is 15.6. The third-order valence-corrected chi connectivity index (χ3v) is 5.10. The lowest BCUT2D eigenvalue weighted by Crippen LogP contribution is -2.38. The van der Waals surface area contributed by atoms with E-state index in [1.165, 1.54) is 11.8 Å². The van der Waals surface area contributed by atoms with Gasteiger partial charge in [-0.05, 0) is 13.0 Å². The highest BCUT2D eigenvalue weighted by Gasteiger charge is 2.29. The van der Waals surface area contributed by atoms with Gasteiger partial charge in [-0.25, -0.2) is 15.0 Å².